The van der Waals surface area contributed by atoms with Gasteiger partial charge in [0.2, 0.25) is 5.82 Å². The molecule has 1 aliphatic carbocycles. The number of halogens is 1. The molecule has 2 rings (SSSR count). The highest BCUT2D eigenvalue weighted by atomic mass is 19.1. The third kappa shape index (κ3) is 4.24. The smallest absolute Gasteiger partial charge is 0.305 e. The first-order chi connectivity index (χ1) is 10.6. The van der Waals surface area contributed by atoms with Crippen LogP contribution in [-0.4, -0.2) is 36.9 Å². The summed E-state index contributed by atoms with van der Waals surface area (Å²) in [5, 5.41) is 0. The average molecular weight is 310 g/mol. The maximum absolute atomic E-state index is 13.5. The van der Waals surface area contributed by atoms with Crippen molar-refractivity contribution in [2.24, 2.45) is 5.92 Å². The molecule has 0 radical (unpaired) electrons. The van der Waals surface area contributed by atoms with Crippen molar-refractivity contribution in [3.05, 3.63) is 23.9 Å². The fourth-order valence-corrected chi connectivity index (χ4v) is 2.32. The van der Waals surface area contributed by atoms with Crippen LogP contribution in [0.5, 0.6) is 5.88 Å². The summed E-state index contributed by atoms with van der Waals surface area (Å²) in [4.78, 5) is 19.4. The lowest BCUT2D eigenvalue weighted by molar-refractivity contribution is -0.141. The Morgan fingerprint density at radius 1 is 1.45 bits per heavy atom. The molecule has 0 fully saturated rings. The third-order valence-electron chi connectivity index (χ3n) is 3.52. The number of carbonyl (C=O) groups is 1. The van der Waals surface area contributed by atoms with Gasteiger partial charge in [-0.05, 0) is 30.8 Å². The summed E-state index contributed by atoms with van der Waals surface area (Å²) in [6.07, 6.45) is 5.82. The molecule has 0 aliphatic heterocycles. The molecule has 0 saturated heterocycles. The fraction of sp³-hybridized carbons (Fsp3) is 0.533. The minimum absolute atomic E-state index is 0.0758. The van der Waals surface area contributed by atoms with E-state index in [-0.39, 0.29) is 24.6 Å². The van der Waals surface area contributed by atoms with Crippen LogP contribution < -0.4 is 4.74 Å². The Labute approximate surface area is 128 Å². The summed E-state index contributed by atoms with van der Waals surface area (Å²) in [5.74, 6) is -0.231. The van der Waals surface area contributed by atoms with E-state index in [1.54, 1.807) is 0 Å². The average Bonchev–Trinajstić information content (AvgIpc) is 2.55. The van der Waals surface area contributed by atoms with Crippen molar-refractivity contribution >= 4 is 11.5 Å². The first-order valence-electron chi connectivity index (χ1n) is 7.04. The number of nitrogens with zero attached hydrogens (tertiary/aromatic N) is 2. The van der Waals surface area contributed by atoms with Gasteiger partial charge in [0.25, 0.3) is 5.88 Å². The first-order valence-corrected chi connectivity index (χ1v) is 7.04. The van der Waals surface area contributed by atoms with E-state index in [9.17, 15) is 9.18 Å². The van der Waals surface area contributed by atoms with Gasteiger partial charge in [-0.3, -0.25) is 4.79 Å². The van der Waals surface area contributed by atoms with Gasteiger partial charge in [-0.15, -0.1) is 0 Å². The molecule has 1 aromatic rings. The van der Waals surface area contributed by atoms with E-state index in [1.165, 1.54) is 14.2 Å². The van der Waals surface area contributed by atoms with Crippen molar-refractivity contribution in [3.8, 4) is 5.88 Å². The maximum Gasteiger partial charge on any atom is 0.305 e. The van der Waals surface area contributed by atoms with Crippen molar-refractivity contribution in [3.63, 3.8) is 0 Å². The van der Waals surface area contributed by atoms with E-state index in [0.29, 0.717) is 12.2 Å². The molecule has 0 amide bonds. The van der Waals surface area contributed by atoms with E-state index in [0.717, 1.165) is 31.0 Å². The standard InChI is InChI=1S/C15H19FN2O4/c1-20-9-22-15-12(16)8-17-14(18-15)11-5-3-10(4-6-11)7-13(19)21-2/h5,8,10H,3-4,6-7,9H2,1-2H3. The molecule has 1 heterocycles. The number of allylic oxidation sites excluding steroid dienone is 2. The third-order valence-corrected chi connectivity index (χ3v) is 3.52. The van der Waals surface area contributed by atoms with Crippen LogP contribution in [0.2, 0.25) is 0 Å². The Balaban J connectivity index is 2.04. The van der Waals surface area contributed by atoms with E-state index in [4.69, 9.17) is 9.47 Å². The lowest BCUT2D eigenvalue weighted by Gasteiger charge is -2.20. The molecule has 0 spiro atoms. The van der Waals surface area contributed by atoms with Crippen molar-refractivity contribution in [2.45, 2.75) is 25.7 Å². The van der Waals surface area contributed by atoms with Gasteiger partial charge < -0.3 is 14.2 Å². The zero-order valence-corrected chi connectivity index (χ0v) is 12.7. The summed E-state index contributed by atoms with van der Waals surface area (Å²) in [6, 6.07) is 0. The molecule has 7 heteroatoms. The Morgan fingerprint density at radius 2 is 2.27 bits per heavy atom. The molecule has 0 N–H and O–H groups in total. The minimum Gasteiger partial charge on any atom is -0.469 e. The van der Waals surface area contributed by atoms with Crippen molar-refractivity contribution in [2.75, 3.05) is 21.0 Å². The second-order valence-corrected chi connectivity index (χ2v) is 5.05. The summed E-state index contributed by atoms with van der Waals surface area (Å²) < 4.78 is 28.0. The zero-order chi connectivity index (χ0) is 15.9. The molecular weight excluding hydrogens is 291 g/mol. The number of ether oxygens (including phenoxy) is 3. The van der Waals surface area contributed by atoms with Crippen LogP contribution >= 0.6 is 0 Å². The first kappa shape index (κ1) is 16.4. The fourth-order valence-electron chi connectivity index (χ4n) is 2.32. The topological polar surface area (TPSA) is 70.5 Å². The summed E-state index contributed by atoms with van der Waals surface area (Å²) in [6.45, 7) is -0.0758. The van der Waals surface area contributed by atoms with E-state index in [1.807, 2.05) is 6.08 Å². The predicted octanol–water partition coefficient (Wildman–Crippen LogP) is 2.35. The van der Waals surface area contributed by atoms with E-state index in [2.05, 4.69) is 14.7 Å². The summed E-state index contributed by atoms with van der Waals surface area (Å²) >= 11 is 0. The quantitative estimate of drug-likeness (QED) is 0.593. The number of methoxy groups -OCH3 is 2. The van der Waals surface area contributed by atoms with Crippen LogP contribution in [0.15, 0.2) is 12.3 Å². The monoisotopic (exact) mass is 310 g/mol. The maximum atomic E-state index is 13.5. The zero-order valence-electron chi connectivity index (χ0n) is 12.7. The second kappa shape index (κ2) is 7.84. The van der Waals surface area contributed by atoms with Crippen LogP contribution in [0, 0.1) is 11.7 Å². The molecular formula is C15H19FN2O4. The number of hydrogen-bond acceptors (Lipinski definition) is 6. The summed E-state index contributed by atoms with van der Waals surface area (Å²) in [5.41, 5.74) is 0.934. The number of esters is 1. The van der Waals surface area contributed by atoms with Gasteiger partial charge in [-0.1, -0.05) is 6.08 Å². The molecule has 0 saturated carbocycles. The van der Waals surface area contributed by atoms with E-state index >= 15 is 0 Å². The highest BCUT2D eigenvalue weighted by Gasteiger charge is 2.20. The molecule has 1 aromatic heterocycles. The molecule has 1 aliphatic rings. The van der Waals surface area contributed by atoms with Gasteiger partial charge >= 0.3 is 5.97 Å². The van der Waals surface area contributed by atoms with Gasteiger partial charge in [0.05, 0.1) is 13.3 Å². The molecule has 1 atom stereocenters. The lowest BCUT2D eigenvalue weighted by atomic mass is 9.87. The van der Waals surface area contributed by atoms with Gasteiger partial charge in [0.1, 0.15) is 0 Å². The molecule has 0 bridgehead atoms. The Hall–Kier alpha value is -2.02. The van der Waals surface area contributed by atoms with Gasteiger partial charge in [0, 0.05) is 13.5 Å². The van der Waals surface area contributed by atoms with Gasteiger partial charge in [-0.2, -0.15) is 9.37 Å². The number of aromatic nitrogens is 2. The predicted molar refractivity (Wildman–Crippen MR) is 76.4 cm³/mol. The lowest BCUT2D eigenvalue weighted by Crippen LogP contribution is -2.13. The van der Waals surface area contributed by atoms with Crippen LogP contribution in [0.4, 0.5) is 4.39 Å². The molecule has 22 heavy (non-hydrogen) atoms. The van der Waals surface area contributed by atoms with Crippen LogP contribution in [0.3, 0.4) is 0 Å². The minimum atomic E-state index is -0.624. The molecule has 120 valence electrons. The van der Waals surface area contributed by atoms with Crippen LogP contribution in [0.25, 0.3) is 5.57 Å². The Kier molecular flexibility index (Phi) is 5.83. The SMILES string of the molecule is COCOc1nc(C2=CCC(CC(=O)OC)CC2)ncc1F. The van der Waals surface area contributed by atoms with Crippen molar-refractivity contribution < 1.29 is 23.4 Å². The van der Waals surface area contributed by atoms with Gasteiger partial charge in [-0.25, -0.2) is 4.98 Å². The van der Waals surface area contributed by atoms with E-state index < -0.39 is 5.82 Å². The molecule has 6 nitrogen and oxygen atoms in total. The van der Waals surface area contributed by atoms with Crippen molar-refractivity contribution in [1.82, 2.24) is 9.97 Å². The molecule has 0 aromatic carbocycles. The normalized spacial score (nSPS) is 17.8. The number of rotatable bonds is 6. The van der Waals surface area contributed by atoms with Gasteiger partial charge in [0.15, 0.2) is 12.6 Å². The second-order valence-electron chi connectivity index (χ2n) is 5.05. The highest BCUT2D eigenvalue weighted by molar-refractivity contribution is 5.70. The Bertz CT molecular complexity index is 562. The number of carbonyl (C=O) groups excluding carboxylic acids is 1. The van der Waals surface area contributed by atoms with Crippen molar-refractivity contribution in [1.29, 1.82) is 0 Å². The Morgan fingerprint density at radius 3 is 2.91 bits per heavy atom. The van der Waals surface area contributed by atoms with Crippen LogP contribution in [-0.2, 0) is 14.3 Å². The molecule has 1 unspecified atom stereocenters. The highest BCUT2D eigenvalue weighted by Crippen LogP contribution is 2.31. The summed E-state index contributed by atoms with van der Waals surface area (Å²) in [7, 11) is 2.84. The number of hydrogen-bond donors (Lipinski definition) is 0. The van der Waals surface area contributed by atoms with Crippen LogP contribution in [0.1, 0.15) is 31.5 Å². The largest absolute Gasteiger partial charge is 0.469 e.